The summed E-state index contributed by atoms with van der Waals surface area (Å²) in [5, 5.41) is 0.638. The van der Waals surface area contributed by atoms with Crippen LogP contribution in [0.5, 0.6) is 17.2 Å². The van der Waals surface area contributed by atoms with Crippen LogP contribution < -0.4 is 29.1 Å². The Bertz CT molecular complexity index is 1910. The molecule has 0 fully saturated rings. The average Bonchev–Trinajstić information content (AvgIpc) is 3.31. The van der Waals surface area contributed by atoms with Crippen LogP contribution >= 0.6 is 54.8 Å². The Kier molecular flexibility index (Phi) is 10.3. The molecule has 0 radical (unpaired) electrons. The van der Waals surface area contributed by atoms with Crippen LogP contribution in [0.1, 0.15) is 36.6 Å². The molecule has 8 nitrogen and oxygen atoms in total. The predicted octanol–water partition coefficient (Wildman–Crippen LogP) is 6.57. The summed E-state index contributed by atoms with van der Waals surface area (Å²) in [6.45, 7) is 4.97. The van der Waals surface area contributed by atoms with Gasteiger partial charge in [0.1, 0.15) is 12.4 Å². The van der Waals surface area contributed by atoms with Gasteiger partial charge < -0.3 is 18.9 Å². The number of benzene rings is 3. The number of carbonyl (C=O) groups is 1. The molecule has 1 atom stereocenters. The second kappa shape index (κ2) is 14.2. The predicted molar refractivity (Wildman–Crippen MR) is 178 cm³/mol. The van der Waals surface area contributed by atoms with E-state index in [1.165, 1.54) is 29.2 Å². The third kappa shape index (κ3) is 6.81. The molecule has 0 bridgehead atoms. The number of carbonyl (C=O) groups excluding carboxylic acids is 1. The summed E-state index contributed by atoms with van der Waals surface area (Å²) in [6.07, 6.45) is 3.24. The van der Waals surface area contributed by atoms with Gasteiger partial charge in [-0.3, -0.25) is 9.36 Å². The van der Waals surface area contributed by atoms with Crippen molar-refractivity contribution >= 4 is 66.8 Å². The Morgan fingerprint density at radius 1 is 1.02 bits per heavy atom. The first-order valence-corrected chi connectivity index (χ1v) is 16.4. The average molecular weight is 763 g/mol. The van der Waals surface area contributed by atoms with Crippen LogP contribution in [0.4, 0.5) is 0 Å². The summed E-state index contributed by atoms with van der Waals surface area (Å²) < 4.78 is 26.0. The largest absolute Gasteiger partial charge is 0.490 e. The van der Waals surface area contributed by atoms with Crippen LogP contribution in [0.3, 0.4) is 0 Å². The van der Waals surface area contributed by atoms with Crippen LogP contribution in [-0.2, 0) is 16.1 Å². The molecule has 2 heterocycles. The van der Waals surface area contributed by atoms with E-state index in [-0.39, 0.29) is 11.1 Å². The summed E-state index contributed by atoms with van der Waals surface area (Å²) in [5.74, 6) is 1.13. The Labute approximate surface area is 279 Å². The second-order valence-electron chi connectivity index (χ2n) is 9.48. The quantitative estimate of drug-likeness (QED) is 0.170. The maximum Gasteiger partial charge on any atom is 0.337 e. The molecule has 1 aromatic heterocycles. The number of aromatic nitrogens is 1. The molecule has 12 heteroatoms. The molecular formula is C32H27Br2ClN2O6S. The van der Waals surface area contributed by atoms with E-state index in [0.29, 0.717) is 65.9 Å². The van der Waals surface area contributed by atoms with Crippen molar-refractivity contribution in [3.8, 4) is 17.2 Å². The third-order valence-electron chi connectivity index (χ3n) is 6.60. The number of rotatable bonds is 10. The van der Waals surface area contributed by atoms with E-state index in [4.69, 9.17) is 30.5 Å². The molecule has 1 aliphatic rings. The number of methoxy groups -OCH3 is 1. The number of halogens is 3. The van der Waals surface area contributed by atoms with Crippen LogP contribution in [0, 0.1) is 0 Å². The van der Waals surface area contributed by atoms with Crippen molar-refractivity contribution in [3.05, 3.63) is 117 Å². The first-order chi connectivity index (χ1) is 21.2. The Hall–Kier alpha value is -3.38. The van der Waals surface area contributed by atoms with Gasteiger partial charge in [-0.1, -0.05) is 41.1 Å². The maximum absolute atomic E-state index is 13.9. The monoisotopic (exact) mass is 760 g/mol. The molecule has 5 rings (SSSR count). The summed E-state index contributed by atoms with van der Waals surface area (Å²) in [4.78, 5) is 31.7. The van der Waals surface area contributed by atoms with Crippen LogP contribution in [0.25, 0.3) is 6.08 Å². The van der Waals surface area contributed by atoms with Crippen molar-refractivity contribution in [2.75, 3.05) is 20.3 Å². The SMILES string of the molecule is CCOc1ccc([C@H]2C(C(=O)OC)=CN=c3s/c(=C/c4cc(Br)c(OCc5cccc(Cl)c5)c(Br)c4)c(=O)n32)cc1OCC. The van der Waals surface area contributed by atoms with Gasteiger partial charge in [-0.25, -0.2) is 9.79 Å². The molecule has 0 aliphatic carbocycles. The van der Waals surface area contributed by atoms with Gasteiger partial charge in [-0.15, -0.1) is 0 Å². The van der Waals surface area contributed by atoms with Gasteiger partial charge in [0.15, 0.2) is 16.3 Å². The van der Waals surface area contributed by atoms with Crippen molar-refractivity contribution in [2.45, 2.75) is 26.5 Å². The van der Waals surface area contributed by atoms with E-state index < -0.39 is 12.0 Å². The minimum Gasteiger partial charge on any atom is -0.490 e. The highest BCUT2D eigenvalue weighted by atomic mass is 79.9. The maximum atomic E-state index is 13.9. The van der Waals surface area contributed by atoms with E-state index in [2.05, 4.69) is 36.9 Å². The summed E-state index contributed by atoms with van der Waals surface area (Å²) >= 11 is 14.5. The van der Waals surface area contributed by atoms with E-state index in [0.717, 1.165) is 11.1 Å². The van der Waals surface area contributed by atoms with Crippen molar-refractivity contribution in [2.24, 2.45) is 4.99 Å². The first-order valence-electron chi connectivity index (χ1n) is 13.6. The molecule has 228 valence electrons. The van der Waals surface area contributed by atoms with E-state index >= 15 is 0 Å². The smallest absolute Gasteiger partial charge is 0.337 e. The molecule has 0 saturated heterocycles. The molecule has 44 heavy (non-hydrogen) atoms. The highest BCUT2D eigenvalue weighted by Gasteiger charge is 2.31. The number of ether oxygens (including phenoxy) is 4. The van der Waals surface area contributed by atoms with E-state index in [1.807, 2.05) is 56.3 Å². The lowest BCUT2D eigenvalue weighted by atomic mass is 9.97. The Balaban J connectivity index is 1.54. The van der Waals surface area contributed by atoms with Gasteiger partial charge in [-0.05, 0) is 105 Å². The fourth-order valence-electron chi connectivity index (χ4n) is 4.72. The lowest BCUT2D eigenvalue weighted by Gasteiger charge is -2.23. The molecule has 3 aromatic carbocycles. The minimum absolute atomic E-state index is 0.227. The topological polar surface area (TPSA) is 88.4 Å². The summed E-state index contributed by atoms with van der Waals surface area (Å²) in [7, 11) is 1.30. The molecule has 0 unspecified atom stereocenters. The van der Waals surface area contributed by atoms with Gasteiger partial charge in [0, 0.05) is 11.2 Å². The highest BCUT2D eigenvalue weighted by molar-refractivity contribution is 9.11. The molecule has 0 amide bonds. The first kappa shape index (κ1) is 32.0. The lowest BCUT2D eigenvalue weighted by Crippen LogP contribution is -2.39. The van der Waals surface area contributed by atoms with E-state index in [9.17, 15) is 9.59 Å². The number of hydrogen-bond acceptors (Lipinski definition) is 8. The second-order valence-corrected chi connectivity index (χ2v) is 12.6. The molecular weight excluding hydrogens is 736 g/mol. The lowest BCUT2D eigenvalue weighted by molar-refractivity contribution is -0.136. The zero-order valence-electron chi connectivity index (χ0n) is 23.9. The molecule has 0 N–H and O–H groups in total. The fraction of sp³-hybridized carbons (Fsp3) is 0.219. The number of thiazole rings is 1. The highest BCUT2D eigenvalue weighted by Crippen LogP contribution is 2.37. The number of hydrogen-bond donors (Lipinski definition) is 0. The number of fused-ring (bicyclic) bond motifs is 1. The van der Waals surface area contributed by atoms with Crippen LogP contribution in [0.2, 0.25) is 5.02 Å². The summed E-state index contributed by atoms with van der Waals surface area (Å²) in [6, 6.07) is 15.8. The normalized spacial score (nSPS) is 14.4. The summed E-state index contributed by atoms with van der Waals surface area (Å²) in [5.41, 5.74) is 2.28. The van der Waals surface area contributed by atoms with Gasteiger partial charge >= 0.3 is 5.97 Å². The van der Waals surface area contributed by atoms with Gasteiger partial charge in [0.05, 0.1) is 45.4 Å². The Morgan fingerprint density at radius 3 is 2.43 bits per heavy atom. The van der Waals surface area contributed by atoms with Crippen molar-refractivity contribution < 1.29 is 23.7 Å². The molecule has 0 spiro atoms. The fourth-order valence-corrected chi connectivity index (χ4v) is 7.35. The van der Waals surface area contributed by atoms with Crippen molar-refractivity contribution in [3.63, 3.8) is 0 Å². The zero-order valence-corrected chi connectivity index (χ0v) is 28.7. The number of esters is 1. The number of nitrogens with zero attached hydrogens (tertiary/aromatic N) is 2. The van der Waals surface area contributed by atoms with Gasteiger partial charge in [-0.2, -0.15) is 0 Å². The van der Waals surface area contributed by atoms with Gasteiger partial charge in [0.2, 0.25) is 0 Å². The van der Waals surface area contributed by atoms with Crippen LogP contribution in [-0.4, -0.2) is 30.9 Å². The van der Waals surface area contributed by atoms with Crippen LogP contribution in [0.15, 0.2) is 85.1 Å². The third-order valence-corrected chi connectivity index (χ3v) is 9.01. The van der Waals surface area contributed by atoms with E-state index in [1.54, 1.807) is 18.2 Å². The van der Waals surface area contributed by atoms with Crippen molar-refractivity contribution in [1.29, 1.82) is 0 Å². The van der Waals surface area contributed by atoms with Crippen molar-refractivity contribution in [1.82, 2.24) is 4.57 Å². The molecule has 1 aliphatic heterocycles. The zero-order chi connectivity index (χ0) is 31.4. The minimum atomic E-state index is -0.781. The van der Waals surface area contributed by atoms with Gasteiger partial charge in [0.25, 0.3) is 5.56 Å². The molecule has 4 aromatic rings. The molecule has 0 saturated carbocycles. The standard InChI is InChI=1S/C32H27Br2ClN2O6S/c1-4-41-25-10-9-20(15-26(25)42-5-2)28-22(31(39)40-3)16-36-32-37(28)30(38)27(44-32)14-19-12-23(33)29(24(34)13-19)43-17-18-7-6-8-21(35)11-18/h6-16,28H,4-5,17H2,1-3H3/b27-14+/t28-/m0/s1. The Morgan fingerprint density at radius 2 is 1.75 bits per heavy atom.